The van der Waals surface area contributed by atoms with Gasteiger partial charge in [-0.25, -0.2) is 0 Å². The summed E-state index contributed by atoms with van der Waals surface area (Å²) >= 11 is 0. The van der Waals surface area contributed by atoms with E-state index in [2.05, 4.69) is 20.9 Å². The Morgan fingerprint density at radius 3 is 0.967 bits per heavy atom. The summed E-state index contributed by atoms with van der Waals surface area (Å²) in [6.45, 7) is 14.8. The van der Waals surface area contributed by atoms with Gasteiger partial charge in [0.2, 0.25) is 11.8 Å². The second-order valence-corrected chi connectivity index (χ2v) is 9.50. The van der Waals surface area contributed by atoms with Gasteiger partial charge in [0.1, 0.15) is 0 Å². The standard InChI is InChI=1S/C20H40N4O6/c1-11(25)19(9,12(2)26)21-15(29)17(5,6)23-24-18(7,8)16(30)22-20(10,13(3)27)14(4)28/h11-14,25-28H,1-10H3,(H,21,29)(H,22,30)/b24-23+. The number of rotatable bonds is 10. The fourth-order valence-electron chi connectivity index (χ4n) is 2.25. The highest BCUT2D eigenvalue weighted by Gasteiger charge is 2.43. The molecule has 0 fully saturated rings. The Morgan fingerprint density at radius 2 is 0.800 bits per heavy atom. The van der Waals surface area contributed by atoms with Crippen LogP contribution in [-0.4, -0.2) is 78.8 Å². The second-order valence-electron chi connectivity index (χ2n) is 9.50. The molecular weight excluding hydrogens is 392 g/mol. The van der Waals surface area contributed by atoms with E-state index in [1.807, 2.05) is 0 Å². The van der Waals surface area contributed by atoms with Crippen LogP contribution in [0.5, 0.6) is 0 Å². The number of hydrogen-bond acceptors (Lipinski definition) is 8. The zero-order valence-corrected chi connectivity index (χ0v) is 19.8. The van der Waals surface area contributed by atoms with Gasteiger partial charge in [-0.2, -0.15) is 10.2 Å². The molecule has 2 amide bonds. The molecule has 10 nitrogen and oxygen atoms in total. The SMILES string of the molecule is CC(O)C(C)(NC(=O)C(C)(C)/N=N/C(C)(C)C(=O)NC(C)(C(C)O)C(C)O)C(C)O. The van der Waals surface area contributed by atoms with Crippen molar-refractivity contribution in [1.29, 1.82) is 0 Å². The smallest absolute Gasteiger partial charge is 0.249 e. The van der Waals surface area contributed by atoms with Gasteiger partial charge in [-0.3, -0.25) is 9.59 Å². The lowest BCUT2D eigenvalue weighted by Gasteiger charge is -2.38. The van der Waals surface area contributed by atoms with E-state index < -0.39 is 58.4 Å². The molecule has 0 aliphatic carbocycles. The summed E-state index contributed by atoms with van der Waals surface area (Å²) in [5.74, 6) is -1.19. The highest BCUT2D eigenvalue weighted by Crippen LogP contribution is 2.22. The van der Waals surface area contributed by atoms with E-state index in [9.17, 15) is 30.0 Å². The average Bonchev–Trinajstić information content (AvgIpc) is 2.58. The number of nitrogens with one attached hydrogen (secondary N) is 2. The number of nitrogens with zero attached hydrogens (tertiary/aromatic N) is 2. The Labute approximate surface area is 179 Å². The quantitative estimate of drug-likeness (QED) is 0.271. The number of carbonyl (C=O) groups excluding carboxylic acids is 2. The van der Waals surface area contributed by atoms with Gasteiger partial charge in [-0.1, -0.05) is 0 Å². The first-order chi connectivity index (χ1) is 13.2. The van der Waals surface area contributed by atoms with Crippen LogP contribution in [0.15, 0.2) is 10.2 Å². The molecule has 6 N–H and O–H groups in total. The van der Waals surface area contributed by atoms with Crippen LogP contribution in [0.2, 0.25) is 0 Å². The molecule has 0 heterocycles. The van der Waals surface area contributed by atoms with Crippen LogP contribution in [0.3, 0.4) is 0 Å². The Morgan fingerprint density at radius 1 is 0.600 bits per heavy atom. The van der Waals surface area contributed by atoms with Crippen molar-refractivity contribution in [3.8, 4) is 0 Å². The van der Waals surface area contributed by atoms with Crippen LogP contribution in [0.25, 0.3) is 0 Å². The monoisotopic (exact) mass is 432 g/mol. The fraction of sp³-hybridized carbons (Fsp3) is 0.900. The Bertz CT molecular complexity index is 571. The molecule has 0 bridgehead atoms. The molecule has 0 saturated heterocycles. The highest BCUT2D eigenvalue weighted by molar-refractivity contribution is 5.87. The summed E-state index contributed by atoms with van der Waals surface area (Å²) in [5, 5.41) is 53.1. The number of amides is 2. The lowest BCUT2D eigenvalue weighted by molar-refractivity contribution is -0.133. The minimum atomic E-state index is -1.40. The molecule has 4 unspecified atom stereocenters. The molecule has 0 aromatic carbocycles. The number of carbonyl (C=O) groups is 2. The second kappa shape index (κ2) is 9.67. The molecule has 0 aliphatic rings. The summed E-state index contributed by atoms with van der Waals surface area (Å²) in [4.78, 5) is 25.5. The maximum atomic E-state index is 12.7. The minimum Gasteiger partial charge on any atom is -0.391 e. The normalized spacial score (nSPS) is 21.1. The fourth-order valence-corrected chi connectivity index (χ4v) is 2.25. The highest BCUT2D eigenvalue weighted by atomic mass is 16.3. The Balaban J connectivity index is 5.57. The van der Waals surface area contributed by atoms with E-state index in [-0.39, 0.29) is 0 Å². The molecule has 0 radical (unpaired) electrons. The first-order valence-electron chi connectivity index (χ1n) is 10.1. The third kappa shape index (κ3) is 6.44. The molecule has 0 spiro atoms. The minimum absolute atomic E-state index is 0.593. The van der Waals surface area contributed by atoms with Crippen molar-refractivity contribution < 1.29 is 30.0 Å². The van der Waals surface area contributed by atoms with Gasteiger partial charge in [0.05, 0.1) is 35.5 Å². The van der Waals surface area contributed by atoms with Gasteiger partial charge in [0.15, 0.2) is 11.1 Å². The Kier molecular flexibility index (Phi) is 9.15. The molecular formula is C20H40N4O6. The lowest BCUT2D eigenvalue weighted by atomic mass is 9.88. The summed E-state index contributed by atoms with van der Waals surface area (Å²) in [6, 6.07) is 0. The van der Waals surface area contributed by atoms with E-state index in [0.717, 1.165) is 0 Å². The average molecular weight is 433 g/mol. The van der Waals surface area contributed by atoms with Crippen LogP contribution < -0.4 is 10.6 Å². The van der Waals surface area contributed by atoms with Crippen LogP contribution in [0.1, 0.15) is 69.2 Å². The molecule has 10 heteroatoms. The topological polar surface area (TPSA) is 164 Å². The summed E-state index contributed by atoms with van der Waals surface area (Å²) in [7, 11) is 0. The zero-order valence-electron chi connectivity index (χ0n) is 19.8. The van der Waals surface area contributed by atoms with Crippen LogP contribution in [0, 0.1) is 0 Å². The van der Waals surface area contributed by atoms with Crippen LogP contribution >= 0.6 is 0 Å². The van der Waals surface area contributed by atoms with Crippen LogP contribution in [0.4, 0.5) is 0 Å². The predicted molar refractivity (Wildman–Crippen MR) is 113 cm³/mol. The van der Waals surface area contributed by atoms with E-state index in [1.54, 1.807) is 0 Å². The predicted octanol–water partition coefficient (Wildman–Crippen LogP) is 0.269. The molecule has 0 saturated carbocycles. The van der Waals surface area contributed by atoms with Crippen molar-refractivity contribution in [3.63, 3.8) is 0 Å². The molecule has 0 aliphatic heterocycles. The first-order valence-corrected chi connectivity index (χ1v) is 10.1. The van der Waals surface area contributed by atoms with Gasteiger partial charge in [-0.05, 0) is 69.2 Å². The van der Waals surface area contributed by atoms with Crippen molar-refractivity contribution in [1.82, 2.24) is 10.6 Å². The van der Waals surface area contributed by atoms with Gasteiger partial charge in [0, 0.05) is 0 Å². The van der Waals surface area contributed by atoms with E-state index >= 15 is 0 Å². The third-order valence-corrected chi connectivity index (χ3v) is 5.90. The zero-order chi connectivity index (χ0) is 24.3. The Hall–Kier alpha value is -1.62. The van der Waals surface area contributed by atoms with Crippen molar-refractivity contribution in [2.45, 2.75) is 116 Å². The summed E-state index contributed by atoms with van der Waals surface area (Å²) < 4.78 is 0. The summed E-state index contributed by atoms with van der Waals surface area (Å²) in [6.07, 6.45) is -4.13. The van der Waals surface area contributed by atoms with Crippen LogP contribution in [-0.2, 0) is 9.59 Å². The number of azo groups is 1. The molecule has 0 aromatic heterocycles. The van der Waals surface area contributed by atoms with Gasteiger partial charge < -0.3 is 31.1 Å². The van der Waals surface area contributed by atoms with Crippen molar-refractivity contribution in [2.75, 3.05) is 0 Å². The maximum absolute atomic E-state index is 12.7. The maximum Gasteiger partial charge on any atom is 0.249 e. The molecule has 30 heavy (non-hydrogen) atoms. The van der Waals surface area contributed by atoms with Gasteiger partial charge >= 0.3 is 0 Å². The molecule has 0 aromatic rings. The molecule has 176 valence electrons. The molecule has 4 atom stereocenters. The van der Waals surface area contributed by atoms with E-state index in [1.165, 1.54) is 69.2 Å². The summed E-state index contributed by atoms with van der Waals surface area (Å²) in [5.41, 5.74) is -5.40. The first kappa shape index (κ1) is 28.4. The van der Waals surface area contributed by atoms with E-state index in [4.69, 9.17) is 0 Å². The van der Waals surface area contributed by atoms with Gasteiger partial charge in [-0.15, -0.1) is 0 Å². The largest absolute Gasteiger partial charge is 0.391 e. The number of aliphatic hydroxyl groups excluding tert-OH is 4. The van der Waals surface area contributed by atoms with Crippen molar-refractivity contribution >= 4 is 11.8 Å². The number of hydrogen-bond donors (Lipinski definition) is 6. The number of aliphatic hydroxyl groups is 4. The lowest BCUT2D eigenvalue weighted by Crippen LogP contribution is -2.63. The third-order valence-electron chi connectivity index (χ3n) is 5.90. The van der Waals surface area contributed by atoms with Crippen molar-refractivity contribution in [2.24, 2.45) is 10.2 Å². The molecule has 0 rings (SSSR count). The van der Waals surface area contributed by atoms with Gasteiger partial charge in [0.25, 0.3) is 0 Å². The van der Waals surface area contributed by atoms with E-state index in [0.29, 0.717) is 0 Å². The van der Waals surface area contributed by atoms with Crippen molar-refractivity contribution in [3.05, 3.63) is 0 Å².